The average molecular weight is 654 g/mol. The van der Waals surface area contributed by atoms with Crippen LogP contribution < -0.4 is 15.5 Å². The first kappa shape index (κ1) is 36.4. The highest BCUT2D eigenvalue weighted by molar-refractivity contribution is 6.30. The highest BCUT2D eigenvalue weighted by Crippen LogP contribution is 2.34. The molecule has 0 bridgehead atoms. The van der Waals surface area contributed by atoms with Gasteiger partial charge in [-0.3, -0.25) is 14.4 Å². The van der Waals surface area contributed by atoms with Crippen LogP contribution in [0.2, 0.25) is 5.02 Å². The molecular formula is C35H45ClFN5O4. The molecule has 248 valence electrons. The summed E-state index contributed by atoms with van der Waals surface area (Å²) in [5.41, 5.74) is 3.79. The Balaban J connectivity index is 0.00000136. The number of halogens is 2. The van der Waals surface area contributed by atoms with Crippen LogP contribution in [-0.4, -0.2) is 72.5 Å². The summed E-state index contributed by atoms with van der Waals surface area (Å²) in [6.07, 6.45) is -0.549. The molecule has 3 aromatic rings. The molecule has 1 fully saturated rings. The van der Waals surface area contributed by atoms with Gasteiger partial charge in [0, 0.05) is 36.8 Å². The molecule has 0 radical (unpaired) electrons. The van der Waals surface area contributed by atoms with Gasteiger partial charge in [-0.25, -0.2) is 9.37 Å². The first-order valence-corrected chi connectivity index (χ1v) is 15.8. The second-order valence-electron chi connectivity index (χ2n) is 12.4. The van der Waals surface area contributed by atoms with Crippen molar-refractivity contribution in [1.82, 2.24) is 20.5 Å². The lowest BCUT2D eigenvalue weighted by Gasteiger charge is -2.33. The fourth-order valence-corrected chi connectivity index (χ4v) is 5.56. The molecule has 2 aromatic carbocycles. The molecule has 1 aliphatic heterocycles. The molecule has 3 N–H and O–H groups in total. The van der Waals surface area contributed by atoms with E-state index in [0.29, 0.717) is 22.0 Å². The topological polar surface area (TPSA) is 115 Å². The Morgan fingerprint density at radius 2 is 1.59 bits per heavy atom. The van der Waals surface area contributed by atoms with E-state index in [9.17, 15) is 19.5 Å². The van der Waals surface area contributed by atoms with Crippen molar-refractivity contribution in [2.75, 3.05) is 44.7 Å². The number of aliphatic carboxylic acids is 1. The van der Waals surface area contributed by atoms with Crippen LogP contribution in [-0.2, 0) is 9.59 Å². The Morgan fingerprint density at radius 3 is 2.17 bits per heavy atom. The van der Waals surface area contributed by atoms with Crippen molar-refractivity contribution in [2.45, 2.75) is 54.0 Å². The zero-order valence-electron chi connectivity index (χ0n) is 27.7. The van der Waals surface area contributed by atoms with E-state index in [4.69, 9.17) is 11.6 Å². The number of piperazine rings is 1. The number of benzene rings is 2. The maximum Gasteiger partial charge on any atom is 0.305 e. The van der Waals surface area contributed by atoms with Gasteiger partial charge >= 0.3 is 5.97 Å². The molecule has 4 rings (SSSR count). The summed E-state index contributed by atoms with van der Waals surface area (Å²) in [4.78, 5) is 46.2. The quantitative estimate of drug-likeness (QED) is 0.262. The van der Waals surface area contributed by atoms with Gasteiger partial charge in [0.2, 0.25) is 5.91 Å². The monoisotopic (exact) mass is 653 g/mol. The highest BCUT2D eigenvalue weighted by atomic mass is 35.5. The number of aryl methyl sites for hydroxylation is 3. The summed E-state index contributed by atoms with van der Waals surface area (Å²) in [7, 11) is 2.05. The number of anilines is 1. The van der Waals surface area contributed by atoms with Crippen LogP contribution in [0.15, 0.2) is 42.5 Å². The van der Waals surface area contributed by atoms with Crippen molar-refractivity contribution in [3.05, 3.63) is 81.3 Å². The van der Waals surface area contributed by atoms with Gasteiger partial charge in [-0.1, -0.05) is 38.4 Å². The van der Waals surface area contributed by atoms with E-state index < -0.39 is 42.6 Å². The van der Waals surface area contributed by atoms with Crippen LogP contribution in [0.25, 0.3) is 11.1 Å². The molecule has 1 atom stereocenters. The second-order valence-corrected chi connectivity index (χ2v) is 12.9. The molecular weight excluding hydrogens is 609 g/mol. The van der Waals surface area contributed by atoms with Gasteiger partial charge in [-0.2, -0.15) is 0 Å². The van der Waals surface area contributed by atoms with Crippen LogP contribution in [0.3, 0.4) is 0 Å². The SMILES string of the molecule is CC(C)C.Cc1cc(-c2c(C)cc(Cl)cc2C)cc(C(CC(=O)O)NC(=O)CNC(=O)c2cccc(N3CCN(C)CC3)n2)c1F. The lowest BCUT2D eigenvalue weighted by atomic mass is 9.90. The van der Waals surface area contributed by atoms with E-state index in [-0.39, 0.29) is 11.3 Å². The lowest BCUT2D eigenvalue weighted by molar-refractivity contribution is -0.137. The minimum atomic E-state index is -1.21. The number of carbonyl (C=O) groups is 3. The Morgan fingerprint density at radius 1 is 0.978 bits per heavy atom. The van der Waals surface area contributed by atoms with Crippen molar-refractivity contribution < 1.29 is 23.9 Å². The van der Waals surface area contributed by atoms with Crippen LogP contribution in [0, 0.1) is 32.5 Å². The molecule has 0 spiro atoms. The number of pyridine rings is 1. The molecule has 1 aromatic heterocycles. The molecule has 1 saturated heterocycles. The second kappa shape index (κ2) is 16.5. The van der Waals surface area contributed by atoms with E-state index in [1.54, 1.807) is 43.3 Å². The van der Waals surface area contributed by atoms with Crippen molar-refractivity contribution in [3.63, 3.8) is 0 Å². The van der Waals surface area contributed by atoms with Crippen LogP contribution >= 0.6 is 11.6 Å². The molecule has 0 saturated carbocycles. The molecule has 0 aliphatic carbocycles. The first-order valence-electron chi connectivity index (χ1n) is 15.4. The van der Waals surface area contributed by atoms with Crippen molar-refractivity contribution in [1.29, 1.82) is 0 Å². The number of hydrogen-bond acceptors (Lipinski definition) is 6. The standard InChI is InChI=1S/C31H35ClFN5O4.C4H10/c1-18-13-22(32)14-19(2)29(18)21-12-20(3)30(33)23(15-21)25(16-28(40)41)36-27(39)17-34-31(42)24-6-5-7-26(35-24)38-10-8-37(4)9-11-38;1-4(2)3/h5-7,12-15,25H,8-11,16-17H2,1-4H3,(H,34,42)(H,36,39)(H,40,41);4H,1-3H3. The molecule has 46 heavy (non-hydrogen) atoms. The van der Waals surface area contributed by atoms with Crippen LogP contribution in [0.1, 0.15) is 66.0 Å². The number of aromatic nitrogens is 1. The molecule has 2 amide bonds. The number of nitrogens with one attached hydrogen (secondary N) is 2. The highest BCUT2D eigenvalue weighted by Gasteiger charge is 2.25. The van der Waals surface area contributed by atoms with Crippen molar-refractivity contribution in [3.8, 4) is 11.1 Å². The summed E-state index contributed by atoms with van der Waals surface area (Å²) in [5, 5.41) is 15.3. The smallest absolute Gasteiger partial charge is 0.305 e. The summed E-state index contributed by atoms with van der Waals surface area (Å²) in [6, 6.07) is 10.8. The number of likely N-dealkylation sites (N-methyl/N-ethyl adjacent to an activating group) is 1. The minimum Gasteiger partial charge on any atom is -0.481 e. The van der Waals surface area contributed by atoms with Gasteiger partial charge in [0.05, 0.1) is 19.0 Å². The summed E-state index contributed by atoms with van der Waals surface area (Å²) in [6.45, 7) is 14.8. The molecule has 9 nitrogen and oxygen atoms in total. The molecule has 1 unspecified atom stereocenters. The lowest BCUT2D eigenvalue weighted by Crippen LogP contribution is -2.45. The number of carboxylic acid groups (broad SMARTS) is 1. The molecule has 11 heteroatoms. The Hall–Kier alpha value is -4.02. The van der Waals surface area contributed by atoms with Crippen LogP contribution in [0.4, 0.5) is 10.2 Å². The van der Waals surface area contributed by atoms with E-state index in [1.807, 2.05) is 19.9 Å². The summed E-state index contributed by atoms with van der Waals surface area (Å²) < 4.78 is 15.4. The predicted octanol–water partition coefficient (Wildman–Crippen LogP) is 5.94. The maximum atomic E-state index is 15.4. The van der Waals surface area contributed by atoms with Crippen LogP contribution in [0.5, 0.6) is 0 Å². The number of amides is 2. The van der Waals surface area contributed by atoms with Gasteiger partial charge in [0.15, 0.2) is 0 Å². The zero-order chi connectivity index (χ0) is 34.1. The number of hydrogen-bond donors (Lipinski definition) is 3. The largest absolute Gasteiger partial charge is 0.481 e. The van der Waals surface area contributed by atoms with E-state index >= 15 is 4.39 Å². The minimum absolute atomic E-state index is 0.0439. The van der Waals surface area contributed by atoms with Gasteiger partial charge in [-0.05, 0) is 98.0 Å². The van der Waals surface area contributed by atoms with Gasteiger partial charge < -0.3 is 25.5 Å². The summed E-state index contributed by atoms with van der Waals surface area (Å²) in [5.74, 6) is -1.52. The first-order chi connectivity index (χ1) is 21.7. The Kier molecular flexibility index (Phi) is 13.1. The van der Waals surface area contributed by atoms with Crippen molar-refractivity contribution in [2.24, 2.45) is 5.92 Å². The fourth-order valence-electron chi connectivity index (χ4n) is 5.23. The van der Waals surface area contributed by atoms with Gasteiger partial charge in [0.1, 0.15) is 17.3 Å². The van der Waals surface area contributed by atoms with Crippen molar-refractivity contribution >= 4 is 35.2 Å². The maximum absolute atomic E-state index is 15.4. The average Bonchev–Trinajstić information content (AvgIpc) is 2.96. The normalized spacial score (nSPS) is 13.9. The Bertz CT molecular complexity index is 1530. The number of carbonyl (C=O) groups excluding carboxylic acids is 2. The molecule has 2 heterocycles. The number of carboxylic acids is 1. The van der Waals surface area contributed by atoms with E-state index in [2.05, 4.69) is 53.2 Å². The van der Waals surface area contributed by atoms with Gasteiger partial charge in [0.25, 0.3) is 5.91 Å². The fraction of sp³-hybridized carbons (Fsp3) is 0.429. The Labute approximate surface area is 276 Å². The summed E-state index contributed by atoms with van der Waals surface area (Å²) >= 11 is 6.19. The van der Waals surface area contributed by atoms with E-state index in [0.717, 1.165) is 48.8 Å². The van der Waals surface area contributed by atoms with E-state index in [1.165, 1.54) is 0 Å². The predicted molar refractivity (Wildman–Crippen MR) is 181 cm³/mol. The third-order valence-electron chi connectivity index (χ3n) is 7.36. The number of rotatable bonds is 9. The molecule has 1 aliphatic rings. The van der Waals surface area contributed by atoms with Gasteiger partial charge in [-0.15, -0.1) is 0 Å². The third kappa shape index (κ3) is 10.3. The zero-order valence-corrected chi connectivity index (χ0v) is 28.5. The number of nitrogens with zero attached hydrogens (tertiary/aromatic N) is 3. The third-order valence-corrected chi connectivity index (χ3v) is 7.58.